The molecule has 0 bridgehead atoms. The molecule has 0 radical (unpaired) electrons. The number of rotatable bonds is 8. The van der Waals surface area contributed by atoms with E-state index in [0.717, 1.165) is 31.2 Å². The summed E-state index contributed by atoms with van der Waals surface area (Å²) in [4.78, 5) is 27.5. The van der Waals surface area contributed by atoms with E-state index >= 15 is 0 Å². The van der Waals surface area contributed by atoms with Gasteiger partial charge in [0.15, 0.2) is 11.5 Å². The third-order valence-electron chi connectivity index (χ3n) is 5.90. The van der Waals surface area contributed by atoms with E-state index in [9.17, 15) is 9.59 Å². The molecule has 2 amide bonds. The van der Waals surface area contributed by atoms with Crippen LogP contribution in [0.2, 0.25) is 0 Å². The van der Waals surface area contributed by atoms with Gasteiger partial charge in [0.2, 0.25) is 0 Å². The first kappa shape index (κ1) is 20.4. The Balaban J connectivity index is 1.69. The van der Waals surface area contributed by atoms with Crippen molar-refractivity contribution in [3.63, 3.8) is 0 Å². The van der Waals surface area contributed by atoms with Crippen molar-refractivity contribution in [2.45, 2.75) is 44.2 Å². The van der Waals surface area contributed by atoms with Gasteiger partial charge in [-0.25, -0.2) is 0 Å². The Hall–Kier alpha value is -2.86. The predicted molar refractivity (Wildman–Crippen MR) is 112 cm³/mol. The Labute approximate surface area is 176 Å². The second-order valence-electron chi connectivity index (χ2n) is 7.76. The van der Waals surface area contributed by atoms with Gasteiger partial charge in [0.25, 0.3) is 11.8 Å². The van der Waals surface area contributed by atoms with Crippen LogP contribution in [-0.4, -0.2) is 43.6 Å². The van der Waals surface area contributed by atoms with E-state index in [-0.39, 0.29) is 17.9 Å². The average Bonchev–Trinajstić information content (AvgIpc) is 3.37. The molecular formula is C24H27NO5. The normalized spacial score (nSPS) is 17.3. The van der Waals surface area contributed by atoms with E-state index in [1.807, 2.05) is 18.2 Å². The molecule has 0 N–H and O–H groups in total. The van der Waals surface area contributed by atoms with E-state index in [4.69, 9.17) is 14.2 Å². The molecule has 2 aromatic rings. The summed E-state index contributed by atoms with van der Waals surface area (Å²) in [7, 11) is 3.23. The van der Waals surface area contributed by atoms with Crippen LogP contribution in [0.5, 0.6) is 11.5 Å². The van der Waals surface area contributed by atoms with Gasteiger partial charge in [-0.05, 0) is 61.9 Å². The summed E-state index contributed by atoms with van der Waals surface area (Å²) < 4.78 is 17.0. The molecule has 1 fully saturated rings. The fourth-order valence-electron chi connectivity index (χ4n) is 4.34. The van der Waals surface area contributed by atoms with E-state index in [0.29, 0.717) is 35.7 Å². The van der Waals surface area contributed by atoms with Gasteiger partial charge >= 0.3 is 0 Å². The highest BCUT2D eigenvalue weighted by Crippen LogP contribution is 2.38. The molecule has 6 heteroatoms. The van der Waals surface area contributed by atoms with Crippen LogP contribution in [0.25, 0.3) is 0 Å². The zero-order valence-corrected chi connectivity index (χ0v) is 17.4. The van der Waals surface area contributed by atoms with Crippen LogP contribution in [0, 0.1) is 0 Å². The van der Waals surface area contributed by atoms with E-state index in [1.165, 1.54) is 4.90 Å². The van der Waals surface area contributed by atoms with Gasteiger partial charge in [-0.3, -0.25) is 14.5 Å². The maximum atomic E-state index is 13.1. The third-order valence-corrected chi connectivity index (χ3v) is 5.90. The molecule has 0 spiro atoms. The van der Waals surface area contributed by atoms with E-state index < -0.39 is 6.04 Å². The summed E-state index contributed by atoms with van der Waals surface area (Å²) in [5.74, 6) is 0.760. The number of nitrogens with zero attached hydrogens (tertiary/aromatic N) is 1. The number of methoxy groups -OCH3 is 2. The summed E-state index contributed by atoms with van der Waals surface area (Å²) >= 11 is 0. The lowest BCUT2D eigenvalue weighted by Crippen LogP contribution is -2.34. The highest BCUT2D eigenvalue weighted by molar-refractivity contribution is 6.21. The number of ether oxygens (including phenoxy) is 3. The lowest BCUT2D eigenvalue weighted by molar-refractivity contribution is 0.0544. The number of hydrogen-bond donors (Lipinski definition) is 0. The van der Waals surface area contributed by atoms with Crippen molar-refractivity contribution in [3.8, 4) is 11.5 Å². The van der Waals surface area contributed by atoms with E-state index in [1.54, 1.807) is 38.5 Å². The van der Waals surface area contributed by atoms with Crippen molar-refractivity contribution >= 4 is 11.8 Å². The first-order chi connectivity index (χ1) is 14.6. The van der Waals surface area contributed by atoms with Crippen molar-refractivity contribution in [1.82, 2.24) is 4.90 Å². The number of fused-ring (bicyclic) bond motifs is 1. The summed E-state index contributed by atoms with van der Waals surface area (Å²) in [6.45, 7) is 0.420. The van der Waals surface area contributed by atoms with Crippen LogP contribution < -0.4 is 9.47 Å². The average molecular weight is 409 g/mol. The molecule has 0 saturated heterocycles. The molecule has 1 atom stereocenters. The molecule has 1 heterocycles. The molecule has 1 aliphatic heterocycles. The van der Waals surface area contributed by atoms with Crippen molar-refractivity contribution in [3.05, 3.63) is 59.2 Å². The fraction of sp³-hybridized carbons (Fsp3) is 0.417. The predicted octanol–water partition coefficient (Wildman–Crippen LogP) is 4.39. The molecule has 2 aliphatic rings. The summed E-state index contributed by atoms with van der Waals surface area (Å²) in [5, 5.41) is 0. The second-order valence-corrected chi connectivity index (χ2v) is 7.76. The van der Waals surface area contributed by atoms with Crippen molar-refractivity contribution in [1.29, 1.82) is 0 Å². The van der Waals surface area contributed by atoms with Crippen molar-refractivity contribution in [2.24, 2.45) is 0 Å². The second kappa shape index (κ2) is 8.88. The van der Waals surface area contributed by atoms with Crippen molar-refractivity contribution in [2.75, 3.05) is 20.8 Å². The quantitative estimate of drug-likeness (QED) is 0.605. The summed E-state index contributed by atoms with van der Waals surface area (Å²) in [5.41, 5.74) is 1.72. The number of carbonyl (C=O) groups is 2. The zero-order valence-electron chi connectivity index (χ0n) is 17.4. The van der Waals surface area contributed by atoms with E-state index in [2.05, 4.69) is 0 Å². The number of benzene rings is 2. The van der Waals surface area contributed by atoms with Crippen LogP contribution in [0.15, 0.2) is 42.5 Å². The Bertz CT molecular complexity index is 900. The number of carbonyl (C=O) groups excluding carboxylic acids is 2. The van der Waals surface area contributed by atoms with Gasteiger partial charge in [-0.1, -0.05) is 18.2 Å². The molecule has 158 valence electrons. The van der Waals surface area contributed by atoms with Gasteiger partial charge in [-0.2, -0.15) is 0 Å². The van der Waals surface area contributed by atoms with Crippen LogP contribution in [0.4, 0.5) is 0 Å². The Kier molecular flexibility index (Phi) is 6.04. The molecule has 1 aliphatic carbocycles. The number of imide groups is 1. The number of amides is 2. The zero-order chi connectivity index (χ0) is 21.1. The van der Waals surface area contributed by atoms with Crippen LogP contribution in [0.1, 0.15) is 64.4 Å². The first-order valence-corrected chi connectivity index (χ1v) is 10.4. The molecule has 4 rings (SSSR count). The molecule has 1 unspecified atom stereocenters. The lowest BCUT2D eigenvalue weighted by atomic mass is 10.0. The standard InChI is InChI=1S/C24H27NO5/c1-28-14-13-20(25-23(26)18-9-5-6-10-19(18)24(25)27)16-11-12-21(29-2)22(15-16)30-17-7-3-4-8-17/h5-6,9-12,15,17,20H,3-4,7-8,13-14H2,1-2H3. The topological polar surface area (TPSA) is 65.1 Å². The summed E-state index contributed by atoms with van der Waals surface area (Å²) in [6, 6.07) is 12.1. The minimum atomic E-state index is -0.450. The highest BCUT2D eigenvalue weighted by atomic mass is 16.5. The smallest absolute Gasteiger partial charge is 0.262 e. The van der Waals surface area contributed by atoms with Crippen LogP contribution in [-0.2, 0) is 4.74 Å². The monoisotopic (exact) mass is 409 g/mol. The highest BCUT2D eigenvalue weighted by Gasteiger charge is 2.40. The SMILES string of the molecule is COCCC(c1ccc(OC)c(OC2CCCC2)c1)N1C(=O)c2ccccc2C1=O. The Morgan fingerprint density at radius 1 is 0.967 bits per heavy atom. The molecule has 2 aromatic carbocycles. The number of hydrogen-bond acceptors (Lipinski definition) is 5. The first-order valence-electron chi connectivity index (χ1n) is 10.4. The van der Waals surface area contributed by atoms with Crippen LogP contribution >= 0.6 is 0 Å². The molecular weight excluding hydrogens is 382 g/mol. The minimum Gasteiger partial charge on any atom is -0.493 e. The fourth-order valence-corrected chi connectivity index (χ4v) is 4.34. The van der Waals surface area contributed by atoms with Gasteiger partial charge in [0.1, 0.15) is 0 Å². The van der Waals surface area contributed by atoms with Gasteiger partial charge < -0.3 is 14.2 Å². The molecule has 0 aromatic heterocycles. The third kappa shape index (κ3) is 3.79. The molecule has 1 saturated carbocycles. The maximum Gasteiger partial charge on any atom is 0.262 e. The van der Waals surface area contributed by atoms with Gasteiger partial charge in [-0.15, -0.1) is 0 Å². The van der Waals surface area contributed by atoms with Crippen molar-refractivity contribution < 1.29 is 23.8 Å². The summed E-state index contributed by atoms with van der Waals surface area (Å²) in [6.07, 6.45) is 5.05. The van der Waals surface area contributed by atoms with Gasteiger partial charge in [0, 0.05) is 13.7 Å². The minimum absolute atomic E-state index is 0.172. The van der Waals surface area contributed by atoms with Crippen LogP contribution in [0.3, 0.4) is 0 Å². The largest absolute Gasteiger partial charge is 0.493 e. The Morgan fingerprint density at radius 2 is 1.63 bits per heavy atom. The molecule has 6 nitrogen and oxygen atoms in total. The van der Waals surface area contributed by atoms with Gasteiger partial charge in [0.05, 0.1) is 30.4 Å². The maximum absolute atomic E-state index is 13.1. The molecule has 30 heavy (non-hydrogen) atoms. The Morgan fingerprint density at radius 3 is 2.23 bits per heavy atom. The lowest BCUT2D eigenvalue weighted by Gasteiger charge is -2.27.